The lowest BCUT2D eigenvalue weighted by molar-refractivity contribution is 0.0322. The summed E-state index contributed by atoms with van der Waals surface area (Å²) in [5.41, 5.74) is 2.38. The van der Waals surface area contributed by atoms with Gasteiger partial charge in [-0.3, -0.25) is 9.89 Å². The Labute approximate surface area is 190 Å². The van der Waals surface area contributed by atoms with Crippen molar-refractivity contribution < 1.29 is 9.47 Å². The molecule has 2 aromatic carbocycles. The van der Waals surface area contributed by atoms with E-state index in [2.05, 4.69) is 44.8 Å². The monoisotopic (exact) mass is 510 g/mol. The van der Waals surface area contributed by atoms with Gasteiger partial charge in [0.25, 0.3) is 0 Å². The second-order valence-electron chi connectivity index (χ2n) is 6.71. The Morgan fingerprint density at radius 1 is 1.00 bits per heavy atom. The summed E-state index contributed by atoms with van der Waals surface area (Å²) < 4.78 is 11.3. The van der Waals surface area contributed by atoms with Crippen molar-refractivity contribution in [2.24, 2.45) is 4.99 Å². The molecule has 1 heterocycles. The van der Waals surface area contributed by atoms with Crippen LogP contribution < -0.4 is 15.4 Å². The van der Waals surface area contributed by atoms with Crippen LogP contribution in [-0.4, -0.2) is 57.4 Å². The molecule has 29 heavy (non-hydrogen) atoms. The van der Waals surface area contributed by atoms with Gasteiger partial charge < -0.3 is 20.1 Å². The molecule has 1 aliphatic rings. The highest BCUT2D eigenvalue weighted by Gasteiger charge is 2.09. The number of nitrogens with zero attached hydrogens (tertiary/aromatic N) is 2. The smallest absolute Gasteiger partial charge is 0.191 e. The molecule has 0 unspecified atom stereocenters. The number of nitrogens with one attached hydrogen (secondary N) is 2. The van der Waals surface area contributed by atoms with Crippen molar-refractivity contribution in [2.75, 3.05) is 46.5 Å². The molecule has 158 valence electrons. The standard InChI is InChI=1S/C22H30N4O2.HI/c1-23-22(24-17-19-6-3-2-4-7-19)25-18-20-8-5-9-21(16-20)28-15-12-26-10-13-27-14-11-26;/h2-9,16H,10-15,17-18H2,1H3,(H2,23,24,25);1H. The maximum atomic E-state index is 5.93. The van der Waals surface area contributed by atoms with E-state index in [4.69, 9.17) is 9.47 Å². The molecular weight excluding hydrogens is 479 g/mol. The molecule has 0 atom stereocenters. The van der Waals surface area contributed by atoms with Crippen LogP contribution in [0.2, 0.25) is 0 Å². The van der Waals surface area contributed by atoms with E-state index in [-0.39, 0.29) is 24.0 Å². The summed E-state index contributed by atoms with van der Waals surface area (Å²) in [4.78, 5) is 6.66. The van der Waals surface area contributed by atoms with E-state index < -0.39 is 0 Å². The van der Waals surface area contributed by atoms with Gasteiger partial charge in [-0.05, 0) is 23.3 Å². The molecule has 0 aromatic heterocycles. The van der Waals surface area contributed by atoms with Crippen LogP contribution in [0.4, 0.5) is 0 Å². The van der Waals surface area contributed by atoms with Crippen LogP contribution in [0.25, 0.3) is 0 Å². The van der Waals surface area contributed by atoms with Crippen molar-refractivity contribution >= 4 is 29.9 Å². The molecule has 7 heteroatoms. The van der Waals surface area contributed by atoms with Crippen LogP contribution in [0.3, 0.4) is 0 Å². The summed E-state index contributed by atoms with van der Waals surface area (Å²) in [5, 5.41) is 6.69. The number of hydrogen-bond donors (Lipinski definition) is 2. The Morgan fingerprint density at radius 3 is 2.41 bits per heavy atom. The average Bonchev–Trinajstić information content (AvgIpc) is 2.76. The lowest BCUT2D eigenvalue weighted by Crippen LogP contribution is -2.38. The molecule has 2 aromatic rings. The van der Waals surface area contributed by atoms with Crippen LogP contribution in [0.5, 0.6) is 5.75 Å². The molecule has 0 spiro atoms. The number of benzene rings is 2. The van der Waals surface area contributed by atoms with Crippen molar-refractivity contribution in [1.29, 1.82) is 0 Å². The van der Waals surface area contributed by atoms with E-state index in [1.165, 1.54) is 5.56 Å². The average molecular weight is 510 g/mol. The van der Waals surface area contributed by atoms with Gasteiger partial charge in [0.15, 0.2) is 5.96 Å². The number of ether oxygens (including phenoxy) is 2. The van der Waals surface area contributed by atoms with Crippen LogP contribution in [0.15, 0.2) is 59.6 Å². The zero-order chi connectivity index (χ0) is 19.4. The highest BCUT2D eigenvalue weighted by molar-refractivity contribution is 14.0. The van der Waals surface area contributed by atoms with Gasteiger partial charge in [0.05, 0.1) is 13.2 Å². The number of rotatable bonds is 8. The first-order chi connectivity index (χ1) is 13.8. The molecule has 3 rings (SSSR count). The van der Waals surface area contributed by atoms with E-state index in [0.717, 1.165) is 56.7 Å². The van der Waals surface area contributed by atoms with Gasteiger partial charge in [-0.1, -0.05) is 42.5 Å². The molecule has 1 aliphatic heterocycles. The Balaban J connectivity index is 0.00000300. The summed E-state index contributed by atoms with van der Waals surface area (Å²) in [6.45, 7) is 6.67. The van der Waals surface area contributed by atoms with Gasteiger partial charge in [-0.15, -0.1) is 24.0 Å². The molecule has 1 saturated heterocycles. The molecular formula is C22H31IN4O2. The number of hydrogen-bond acceptors (Lipinski definition) is 4. The Hall–Kier alpha value is -1.84. The van der Waals surface area contributed by atoms with Crippen LogP contribution in [-0.2, 0) is 17.8 Å². The quantitative estimate of drug-likeness (QED) is 0.325. The summed E-state index contributed by atoms with van der Waals surface area (Å²) >= 11 is 0. The third kappa shape index (κ3) is 8.59. The van der Waals surface area contributed by atoms with E-state index in [1.54, 1.807) is 7.05 Å². The van der Waals surface area contributed by atoms with Crippen LogP contribution in [0.1, 0.15) is 11.1 Å². The van der Waals surface area contributed by atoms with Crippen molar-refractivity contribution in [3.05, 3.63) is 65.7 Å². The molecule has 0 aliphatic carbocycles. The summed E-state index contributed by atoms with van der Waals surface area (Å²) in [7, 11) is 1.78. The maximum Gasteiger partial charge on any atom is 0.191 e. The normalized spacial score (nSPS) is 14.7. The highest BCUT2D eigenvalue weighted by atomic mass is 127. The maximum absolute atomic E-state index is 5.93. The predicted molar refractivity (Wildman–Crippen MR) is 128 cm³/mol. The fraction of sp³-hybridized carbons (Fsp3) is 0.409. The minimum absolute atomic E-state index is 0. The first-order valence-corrected chi connectivity index (χ1v) is 9.84. The first kappa shape index (κ1) is 23.4. The van der Waals surface area contributed by atoms with E-state index in [1.807, 2.05) is 30.3 Å². The topological polar surface area (TPSA) is 58.1 Å². The molecule has 1 fully saturated rings. The fourth-order valence-electron chi connectivity index (χ4n) is 3.05. The van der Waals surface area contributed by atoms with Crippen molar-refractivity contribution in [3.63, 3.8) is 0 Å². The number of guanidine groups is 1. The van der Waals surface area contributed by atoms with Gasteiger partial charge in [-0.2, -0.15) is 0 Å². The predicted octanol–water partition coefficient (Wildman–Crippen LogP) is 2.88. The number of morpholine rings is 1. The zero-order valence-electron chi connectivity index (χ0n) is 17.0. The second-order valence-corrected chi connectivity index (χ2v) is 6.71. The SMILES string of the molecule is CN=C(NCc1ccccc1)NCc1cccc(OCCN2CCOCC2)c1.I. The summed E-state index contributed by atoms with van der Waals surface area (Å²) in [6, 6.07) is 18.5. The first-order valence-electron chi connectivity index (χ1n) is 9.84. The van der Waals surface area contributed by atoms with E-state index >= 15 is 0 Å². The molecule has 0 bridgehead atoms. The zero-order valence-corrected chi connectivity index (χ0v) is 19.3. The lowest BCUT2D eigenvalue weighted by atomic mass is 10.2. The molecule has 0 radical (unpaired) electrons. The third-order valence-corrected chi connectivity index (χ3v) is 4.66. The van der Waals surface area contributed by atoms with Gasteiger partial charge in [-0.25, -0.2) is 0 Å². The van der Waals surface area contributed by atoms with Crippen LogP contribution >= 0.6 is 24.0 Å². The lowest BCUT2D eigenvalue weighted by Gasteiger charge is -2.26. The third-order valence-electron chi connectivity index (χ3n) is 4.66. The minimum atomic E-state index is 0. The Kier molecular flexibility index (Phi) is 10.8. The molecule has 0 saturated carbocycles. The molecule has 0 amide bonds. The van der Waals surface area contributed by atoms with Crippen LogP contribution in [0, 0.1) is 0 Å². The van der Waals surface area contributed by atoms with Crippen molar-refractivity contribution in [1.82, 2.24) is 15.5 Å². The minimum Gasteiger partial charge on any atom is -0.492 e. The second kappa shape index (κ2) is 13.4. The van der Waals surface area contributed by atoms with E-state index in [0.29, 0.717) is 13.2 Å². The van der Waals surface area contributed by atoms with Gasteiger partial charge in [0, 0.05) is 39.8 Å². The number of halogens is 1. The fourth-order valence-corrected chi connectivity index (χ4v) is 3.05. The highest BCUT2D eigenvalue weighted by Crippen LogP contribution is 2.13. The van der Waals surface area contributed by atoms with Gasteiger partial charge in [0.2, 0.25) is 0 Å². The number of aliphatic imine (C=N–C) groups is 1. The summed E-state index contributed by atoms with van der Waals surface area (Å²) in [5.74, 6) is 1.68. The van der Waals surface area contributed by atoms with Crippen molar-refractivity contribution in [3.8, 4) is 5.75 Å². The molecule has 2 N–H and O–H groups in total. The Bertz CT molecular complexity index is 737. The van der Waals surface area contributed by atoms with Gasteiger partial charge in [0.1, 0.15) is 12.4 Å². The van der Waals surface area contributed by atoms with Crippen molar-refractivity contribution in [2.45, 2.75) is 13.1 Å². The Morgan fingerprint density at radius 2 is 1.69 bits per heavy atom. The van der Waals surface area contributed by atoms with Gasteiger partial charge >= 0.3 is 0 Å². The van der Waals surface area contributed by atoms with E-state index in [9.17, 15) is 0 Å². The molecule has 6 nitrogen and oxygen atoms in total. The summed E-state index contributed by atoms with van der Waals surface area (Å²) in [6.07, 6.45) is 0. The largest absolute Gasteiger partial charge is 0.492 e.